The lowest BCUT2D eigenvalue weighted by Gasteiger charge is -2.12. The van der Waals surface area contributed by atoms with Gasteiger partial charge in [0.2, 0.25) is 0 Å². The lowest BCUT2D eigenvalue weighted by Crippen LogP contribution is -2.04. The Bertz CT molecular complexity index is 583. The van der Waals surface area contributed by atoms with Crippen LogP contribution in [0.1, 0.15) is 4.88 Å². The summed E-state index contributed by atoms with van der Waals surface area (Å²) in [6.45, 7) is -2.45. The molecule has 108 valence electrons. The van der Waals surface area contributed by atoms with E-state index in [1.165, 1.54) is 23.5 Å². The second kappa shape index (κ2) is 6.80. The second-order valence-corrected chi connectivity index (χ2v) is 6.32. The van der Waals surface area contributed by atoms with Crippen LogP contribution in [0.15, 0.2) is 24.3 Å². The number of ether oxygens (including phenoxy) is 1. The molecule has 0 amide bonds. The Kier molecular flexibility index (Phi) is 5.32. The van der Waals surface area contributed by atoms with E-state index in [9.17, 15) is 8.78 Å². The smallest absolute Gasteiger partial charge is 0.387 e. The molecule has 0 saturated carbocycles. The molecule has 2 nitrogen and oxygen atoms in total. The lowest BCUT2D eigenvalue weighted by molar-refractivity contribution is -0.0497. The van der Waals surface area contributed by atoms with E-state index in [4.69, 9.17) is 34.8 Å². The third-order valence-electron chi connectivity index (χ3n) is 2.30. The zero-order valence-electron chi connectivity index (χ0n) is 9.80. The minimum absolute atomic E-state index is 0.0181. The van der Waals surface area contributed by atoms with Gasteiger partial charge in [-0.05, 0) is 24.3 Å². The molecule has 0 fully saturated rings. The SMILES string of the molecule is FC(F)Oc1c(Cl)cc(NCc2ccc(Cl)s2)cc1Cl. The van der Waals surface area contributed by atoms with Gasteiger partial charge in [0.15, 0.2) is 5.75 Å². The predicted molar refractivity (Wildman–Crippen MR) is 79.7 cm³/mol. The Morgan fingerprint density at radius 3 is 2.30 bits per heavy atom. The van der Waals surface area contributed by atoms with Crippen molar-refractivity contribution in [2.75, 3.05) is 5.32 Å². The van der Waals surface area contributed by atoms with Crippen LogP contribution in [0.4, 0.5) is 14.5 Å². The van der Waals surface area contributed by atoms with E-state index in [2.05, 4.69) is 10.1 Å². The van der Waals surface area contributed by atoms with Crippen LogP contribution in [-0.4, -0.2) is 6.61 Å². The van der Waals surface area contributed by atoms with E-state index in [0.29, 0.717) is 16.6 Å². The molecule has 8 heteroatoms. The molecule has 0 unspecified atom stereocenters. The van der Waals surface area contributed by atoms with Gasteiger partial charge in [0, 0.05) is 17.1 Å². The minimum atomic E-state index is -2.97. The number of nitrogens with one attached hydrogen (secondary N) is 1. The highest BCUT2D eigenvalue weighted by Gasteiger charge is 2.14. The Balaban J connectivity index is 2.09. The summed E-state index contributed by atoms with van der Waals surface area (Å²) in [7, 11) is 0. The van der Waals surface area contributed by atoms with Crippen LogP contribution < -0.4 is 10.1 Å². The van der Waals surface area contributed by atoms with Crippen molar-refractivity contribution < 1.29 is 13.5 Å². The van der Waals surface area contributed by atoms with Gasteiger partial charge in [0.05, 0.1) is 14.4 Å². The third-order valence-corrected chi connectivity index (χ3v) is 4.09. The fourth-order valence-electron chi connectivity index (χ4n) is 1.50. The molecule has 2 aromatic rings. The highest BCUT2D eigenvalue weighted by atomic mass is 35.5. The molecule has 1 N–H and O–H groups in total. The van der Waals surface area contributed by atoms with E-state index >= 15 is 0 Å². The summed E-state index contributed by atoms with van der Waals surface area (Å²) in [5, 5.41) is 3.11. The predicted octanol–water partition coefficient (Wildman–Crippen LogP) is 5.92. The van der Waals surface area contributed by atoms with E-state index in [1.807, 2.05) is 6.07 Å². The van der Waals surface area contributed by atoms with Crippen LogP contribution in [0.2, 0.25) is 14.4 Å². The van der Waals surface area contributed by atoms with Gasteiger partial charge in [-0.15, -0.1) is 11.3 Å². The topological polar surface area (TPSA) is 21.3 Å². The number of anilines is 1. The van der Waals surface area contributed by atoms with Crippen LogP contribution in [0.3, 0.4) is 0 Å². The van der Waals surface area contributed by atoms with Gasteiger partial charge < -0.3 is 10.1 Å². The highest BCUT2D eigenvalue weighted by molar-refractivity contribution is 7.16. The summed E-state index contributed by atoms with van der Waals surface area (Å²) in [6, 6.07) is 6.63. The molecular weight excluding hydrogens is 351 g/mol. The Morgan fingerprint density at radius 2 is 1.80 bits per heavy atom. The fraction of sp³-hybridized carbons (Fsp3) is 0.167. The monoisotopic (exact) mass is 357 g/mol. The molecule has 0 radical (unpaired) electrons. The van der Waals surface area contributed by atoms with Gasteiger partial charge >= 0.3 is 6.61 Å². The van der Waals surface area contributed by atoms with Crippen molar-refractivity contribution in [3.05, 3.63) is 43.5 Å². The molecule has 0 spiro atoms. The van der Waals surface area contributed by atoms with E-state index in [1.54, 1.807) is 6.07 Å². The summed E-state index contributed by atoms with van der Waals surface area (Å²) in [6.07, 6.45) is 0. The first-order valence-corrected chi connectivity index (χ1v) is 7.32. The molecule has 0 atom stereocenters. The number of alkyl halides is 2. The molecule has 0 aliphatic heterocycles. The fourth-order valence-corrected chi connectivity index (χ4v) is 3.10. The van der Waals surface area contributed by atoms with Gasteiger partial charge in [-0.25, -0.2) is 0 Å². The molecule has 1 heterocycles. The average molecular weight is 359 g/mol. The quantitative estimate of drug-likeness (QED) is 0.716. The molecule has 1 aromatic carbocycles. The second-order valence-electron chi connectivity index (χ2n) is 3.71. The number of thiophene rings is 1. The maximum absolute atomic E-state index is 12.2. The number of hydrogen-bond acceptors (Lipinski definition) is 3. The Morgan fingerprint density at radius 1 is 1.15 bits per heavy atom. The summed E-state index contributed by atoms with van der Waals surface area (Å²) in [5.74, 6) is -0.229. The molecule has 0 aliphatic rings. The van der Waals surface area contributed by atoms with Crippen molar-refractivity contribution in [2.24, 2.45) is 0 Å². The molecule has 20 heavy (non-hydrogen) atoms. The van der Waals surface area contributed by atoms with E-state index < -0.39 is 6.61 Å². The van der Waals surface area contributed by atoms with Gasteiger partial charge in [-0.2, -0.15) is 8.78 Å². The molecular formula is C12H8Cl3F2NOS. The third kappa shape index (κ3) is 4.12. The Hall–Kier alpha value is -0.750. The van der Waals surface area contributed by atoms with Gasteiger partial charge in [-0.1, -0.05) is 34.8 Å². The first-order valence-electron chi connectivity index (χ1n) is 5.37. The van der Waals surface area contributed by atoms with Crippen molar-refractivity contribution in [3.8, 4) is 5.75 Å². The van der Waals surface area contributed by atoms with Crippen molar-refractivity contribution in [1.82, 2.24) is 0 Å². The summed E-state index contributed by atoms with van der Waals surface area (Å²) in [5.41, 5.74) is 0.603. The average Bonchev–Trinajstić information content (AvgIpc) is 2.77. The van der Waals surface area contributed by atoms with Crippen molar-refractivity contribution in [2.45, 2.75) is 13.2 Å². The summed E-state index contributed by atoms with van der Waals surface area (Å²) >= 11 is 19.0. The largest absolute Gasteiger partial charge is 0.432 e. The molecule has 0 bridgehead atoms. The van der Waals surface area contributed by atoms with Crippen molar-refractivity contribution in [1.29, 1.82) is 0 Å². The van der Waals surface area contributed by atoms with Crippen LogP contribution in [0.25, 0.3) is 0 Å². The maximum atomic E-state index is 12.2. The highest BCUT2D eigenvalue weighted by Crippen LogP contribution is 2.37. The number of rotatable bonds is 5. The molecule has 1 aromatic heterocycles. The normalized spacial score (nSPS) is 10.9. The zero-order chi connectivity index (χ0) is 14.7. The number of benzene rings is 1. The number of halogens is 5. The van der Waals surface area contributed by atoms with Crippen LogP contribution in [0, 0.1) is 0 Å². The standard InChI is InChI=1S/C12H8Cl3F2NOS/c13-8-3-6(4-9(14)11(8)19-12(16)17)18-5-7-1-2-10(15)20-7/h1-4,12,18H,5H2. The van der Waals surface area contributed by atoms with Crippen molar-refractivity contribution in [3.63, 3.8) is 0 Å². The maximum Gasteiger partial charge on any atom is 0.387 e. The van der Waals surface area contributed by atoms with Crippen LogP contribution in [-0.2, 0) is 6.54 Å². The summed E-state index contributed by atoms with van der Waals surface area (Å²) < 4.78 is 29.3. The van der Waals surface area contributed by atoms with E-state index in [0.717, 1.165) is 4.88 Å². The lowest BCUT2D eigenvalue weighted by atomic mass is 10.3. The van der Waals surface area contributed by atoms with Crippen LogP contribution >= 0.6 is 46.1 Å². The first kappa shape index (κ1) is 15.6. The van der Waals surface area contributed by atoms with E-state index in [-0.39, 0.29) is 15.8 Å². The van der Waals surface area contributed by atoms with Gasteiger partial charge in [0.25, 0.3) is 0 Å². The van der Waals surface area contributed by atoms with Gasteiger partial charge in [-0.3, -0.25) is 0 Å². The molecule has 0 aliphatic carbocycles. The van der Waals surface area contributed by atoms with Crippen molar-refractivity contribution >= 4 is 51.8 Å². The van der Waals surface area contributed by atoms with Gasteiger partial charge in [0.1, 0.15) is 0 Å². The zero-order valence-corrected chi connectivity index (χ0v) is 12.9. The minimum Gasteiger partial charge on any atom is -0.432 e. The summed E-state index contributed by atoms with van der Waals surface area (Å²) in [4.78, 5) is 1.02. The molecule has 0 saturated heterocycles. The Labute approximate surface area is 133 Å². The first-order chi connectivity index (χ1) is 9.45. The number of hydrogen-bond donors (Lipinski definition) is 1. The molecule has 2 rings (SSSR count). The van der Waals surface area contributed by atoms with Crippen LogP contribution in [0.5, 0.6) is 5.75 Å².